The first-order valence-corrected chi connectivity index (χ1v) is 9.40. The van der Waals surface area contributed by atoms with Crippen molar-refractivity contribution in [1.29, 1.82) is 0 Å². The van der Waals surface area contributed by atoms with Crippen LogP contribution in [0.5, 0.6) is 0 Å². The maximum absolute atomic E-state index is 12.3. The molecule has 3 N–H and O–H groups in total. The van der Waals surface area contributed by atoms with Gasteiger partial charge in [-0.1, -0.05) is 44.2 Å². The molecule has 1 saturated heterocycles. The Balaban J connectivity index is 0.00000338. The van der Waals surface area contributed by atoms with E-state index in [0.29, 0.717) is 17.8 Å². The van der Waals surface area contributed by atoms with Crippen molar-refractivity contribution in [3.63, 3.8) is 0 Å². The van der Waals surface area contributed by atoms with Gasteiger partial charge in [0.25, 0.3) is 0 Å². The fourth-order valence-electron chi connectivity index (χ4n) is 3.13. The number of aliphatic imine (C=N–C) groups is 1. The van der Waals surface area contributed by atoms with Gasteiger partial charge in [0, 0.05) is 19.6 Å². The second kappa shape index (κ2) is 12.1. The van der Waals surface area contributed by atoms with E-state index in [4.69, 9.17) is 5.73 Å². The molecule has 0 radical (unpaired) electrons. The molecule has 6 heteroatoms. The van der Waals surface area contributed by atoms with Crippen LogP contribution in [0.2, 0.25) is 0 Å². The number of hydrogen-bond acceptors (Lipinski definition) is 2. The number of hydrogen-bond donors (Lipinski definition) is 2. The van der Waals surface area contributed by atoms with E-state index < -0.39 is 0 Å². The lowest BCUT2D eigenvalue weighted by molar-refractivity contribution is -0.130. The lowest BCUT2D eigenvalue weighted by Gasteiger charge is -2.31. The minimum Gasteiger partial charge on any atom is -0.370 e. The van der Waals surface area contributed by atoms with E-state index >= 15 is 0 Å². The van der Waals surface area contributed by atoms with Gasteiger partial charge in [-0.25, -0.2) is 4.99 Å². The molecular formula is C20H33IN4O. The molecule has 0 unspecified atom stereocenters. The van der Waals surface area contributed by atoms with E-state index in [1.54, 1.807) is 0 Å². The molecule has 0 saturated carbocycles. The van der Waals surface area contributed by atoms with Gasteiger partial charge in [0.05, 0.1) is 0 Å². The number of halogens is 1. The summed E-state index contributed by atoms with van der Waals surface area (Å²) in [5.41, 5.74) is 7.20. The number of amides is 1. The van der Waals surface area contributed by atoms with Gasteiger partial charge in [-0.05, 0) is 43.1 Å². The Morgan fingerprint density at radius 2 is 1.92 bits per heavy atom. The molecule has 1 aliphatic heterocycles. The van der Waals surface area contributed by atoms with Crippen LogP contribution in [0.15, 0.2) is 35.3 Å². The van der Waals surface area contributed by atoms with E-state index in [0.717, 1.165) is 45.3 Å². The normalized spacial score (nSPS) is 15.7. The number of guanidine groups is 1. The van der Waals surface area contributed by atoms with E-state index in [1.165, 1.54) is 5.56 Å². The number of rotatable bonds is 7. The smallest absolute Gasteiger partial charge is 0.244 e. The van der Waals surface area contributed by atoms with Crippen LogP contribution in [-0.2, 0) is 11.2 Å². The predicted octanol–water partition coefficient (Wildman–Crippen LogP) is 3.04. The number of piperidine rings is 1. The topological polar surface area (TPSA) is 70.7 Å². The zero-order chi connectivity index (χ0) is 18.1. The first-order chi connectivity index (χ1) is 12.0. The quantitative estimate of drug-likeness (QED) is 0.364. The number of nitrogens with zero attached hydrogens (tertiary/aromatic N) is 2. The highest BCUT2D eigenvalue weighted by Gasteiger charge is 2.22. The summed E-state index contributed by atoms with van der Waals surface area (Å²) in [7, 11) is 0. The van der Waals surface area contributed by atoms with Crippen LogP contribution < -0.4 is 11.1 Å². The second-order valence-corrected chi connectivity index (χ2v) is 7.32. The van der Waals surface area contributed by atoms with Gasteiger partial charge in [0.2, 0.25) is 5.91 Å². The Labute approximate surface area is 174 Å². The highest BCUT2D eigenvalue weighted by atomic mass is 127. The molecule has 1 aromatic rings. The Bertz CT molecular complexity index is 554. The summed E-state index contributed by atoms with van der Waals surface area (Å²) in [4.78, 5) is 18.4. The number of nitrogens with two attached hydrogens (primary N) is 1. The zero-order valence-electron chi connectivity index (χ0n) is 16.0. The van der Waals surface area contributed by atoms with Crippen molar-refractivity contribution in [1.82, 2.24) is 10.2 Å². The van der Waals surface area contributed by atoms with Crippen LogP contribution in [0, 0.1) is 11.8 Å². The van der Waals surface area contributed by atoms with Crippen molar-refractivity contribution in [2.24, 2.45) is 22.6 Å². The van der Waals surface area contributed by atoms with Crippen molar-refractivity contribution in [3.8, 4) is 0 Å². The van der Waals surface area contributed by atoms with Gasteiger partial charge in [-0.15, -0.1) is 24.0 Å². The van der Waals surface area contributed by atoms with Crippen molar-refractivity contribution in [2.75, 3.05) is 26.2 Å². The predicted molar refractivity (Wildman–Crippen MR) is 119 cm³/mol. The van der Waals surface area contributed by atoms with Gasteiger partial charge in [0.1, 0.15) is 6.54 Å². The molecule has 1 heterocycles. The van der Waals surface area contributed by atoms with Crippen LogP contribution in [0.1, 0.15) is 38.7 Å². The van der Waals surface area contributed by atoms with Gasteiger partial charge < -0.3 is 16.0 Å². The summed E-state index contributed by atoms with van der Waals surface area (Å²) in [6, 6.07) is 10.6. The highest BCUT2D eigenvalue weighted by Crippen LogP contribution is 2.21. The molecule has 26 heavy (non-hydrogen) atoms. The largest absolute Gasteiger partial charge is 0.370 e. The van der Waals surface area contributed by atoms with Crippen LogP contribution >= 0.6 is 24.0 Å². The standard InChI is InChI=1S/C20H32N4O.HI/c1-16(2)8-11-22-20(21)23-15-19(25)24-12-9-18(10-13-24)14-17-6-4-3-5-7-17;/h3-7,16,18H,8-15H2,1-2H3,(H3,21,22,23);1H. The van der Waals surface area contributed by atoms with E-state index in [-0.39, 0.29) is 36.4 Å². The third kappa shape index (κ3) is 8.38. The fourth-order valence-corrected chi connectivity index (χ4v) is 3.13. The second-order valence-electron chi connectivity index (χ2n) is 7.32. The summed E-state index contributed by atoms with van der Waals surface area (Å²) in [5.74, 6) is 1.73. The molecule has 5 nitrogen and oxygen atoms in total. The first kappa shape index (κ1) is 22.7. The van der Waals surface area contributed by atoms with E-state index in [9.17, 15) is 4.79 Å². The highest BCUT2D eigenvalue weighted by molar-refractivity contribution is 14.0. The number of benzene rings is 1. The summed E-state index contributed by atoms with van der Waals surface area (Å²) in [6.07, 6.45) is 4.27. The zero-order valence-corrected chi connectivity index (χ0v) is 18.3. The van der Waals surface area contributed by atoms with Gasteiger partial charge in [0.15, 0.2) is 5.96 Å². The first-order valence-electron chi connectivity index (χ1n) is 9.40. The monoisotopic (exact) mass is 472 g/mol. The third-order valence-corrected chi connectivity index (χ3v) is 4.75. The molecule has 0 aromatic heterocycles. The van der Waals surface area contributed by atoms with Crippen molar-refractivity contribution in [2.45, 2.75) is 39.5 Å². The van der Waals surface area contributed by atoms with Gasteiger partial charge in [-0.2, -0.15) is 0 Å². The average Bonchev–Trinajstić information content (AvgIpc) is 2.61. The van der Waals surface area contributed by atoms with E-state index in [1.807, 2.05) is 4.90 Å². The Morgan fingerprint density at radius 1 is 1.27 bits per heavy atom. The van der Waals surface area contributed by atoms with Gasteiger partial charge in [-0.3, -0.25) is 4.79 Å². The molecule has 0 atom stereocenters. The summed E-state index contributed by atoms with van der Waals surface area (Å²) in [5, 5.41) is 3.06. The van der Waals surface area contributed by atoms with Crippen LogP contribution in [0.4, 0.5) is 0 Å². The maximum atomic E-state index is 12.3. The van der Waals surface area contributed by atoms with Crippen molar-refractivity contribution in [3.05, 3.63) is 35.9 Å². The molecule has 1 aliphatic rings. The SMILES string of the molecule is CC(C)CCNC(N)=NCC(=O)N1CCC(Cc2ccccc2)CC1.I. The van der Waals surface area contributed by atoms with Crippen LogP contribution in [0.25, 0.3) is 0 Å². The van der Waals surface area contributed by atoms with Gasteiger partial charge >= 0.3 is 0 Å². The minimum absolute atomic E-state index is 0. The van der Waals surface area contributed by atoms with Crippen LogP contribution in [0.3, 0.4) is 0 Å². The van der Waals surface area contributed by atoms with Crippen molar-refractivity contribution >= 4 is 35.8 Å². The molecule has 0 bridgehead atoms. The average molecular weight is 472 g/mol. The Morgan fingerprint density at radius 3 is 2.54 bits per heavy atom. The fraction of sp³-hybridized carbons (Fsp3) is 0.600. The third-order valence-electron chi connectivity index (χ3n) is 4.75. The van der Waals surface area contributed by atoms with E-state index in [2.05, 4.69) is 54.5 Å². The molecule has 1 aromatic carbocycles. The molecule has 146 valence electrons. The molecule has 1 fully saturated rings. The Hall–Kier alpha value is -1.31. The molecule has 0 aliphatic carbocycles. The molecule has 0 spiro atoms. The molecule has 2 rings (SSSR count). The van der Waals surface area contributed by atoms with Crippen LogP contribution in [-0.4, -0.2) is 42.9 Å². The van der Waals surface area contributed by atoms with Crippen molar-refractivity contribution < 1.29 is 4.79 Å². The maximum Gasteiger partial charge on any atom is 0.244 e. The summed E-state index contributed by atoms with van der Waals surface area (Å²) >= 11 is 0. The summed E-state index contributed by atoms with van der Waals surface area (Å²) in [6.45, 7) is 6.93. The molecule has 1 amide bonds. The number of carbonyl (C=O) groups excluding carboxylic acids is 1. The summed E-state index contributed by atoms with van der Waals surface area (Å²) < 4.78 is 0. The number of likely N-dealkylation sites (tertiary alicyclic amines) is 1. The lowest BCUT2D eigenvalue weighted by atomic mass is 9.90. The number of carbonyl (C=O) groups is 1. The molecular weight excluding hydrogens is 439 g/mol. The minimum atomic E-state index is 0. The lowest BCUT2D eigenvalue weighted by Crippen LogP contribution is -2.41. The Kier molecular flexibility index (Phi) is 10.6. The number of nitrogens with one attached hydrogen (secondary N) is 1.